The Morgan fingerprint density at radius 3 is 2.20 bits per heavy atom. The van der Waals surface area contributed by atoms with E-state index in [9.17, 15) is 19.8 Å². The summed E-state index contributed by atoms with van der Waals surface area (Å²) in [5.41, 5.74) is 0. The fourth-order valence-corrected chi connectivity index (χ4v) is 2.95. The molecule has 114 valence electrons. The van der Waals surface area contributed by atoms with Gasteiger partial charge in [-0.25, -0.2) is 0 Å². The van der Waals surface area contributed by atoms with Crippen LogP contribution in [0.15, 0.2) is 0 Å². The molecule has 0 aromatic heterocycles. The molecule has 2 aliphatic rings. The van der Waals surface area contributed by atoms with Crippen molar-refractivity contribution in [1.29, 1.82) is 0 Å². The third kappa shape index (κ3) is 3.12. The average Bonchev–Trinajstić information content (AvgIpc) is 2.77. The molecule has 1 unspecified atom stereocenters. The van der Waals surface area contributed by atoms with Crippen LogP contribution < -0.4 is 0 Å². The number of hydrogen-bond donors (Lipinski definition) is 2. The Morgan fingerprint density at radius 1 is 1.05 bits per heavy atom. The highest BCUT2D eigenvalue weighted by Gasteiger charge is 2.37. The van der Waals surface area contributed by atoms with Crippen molar-refractivity contribution < 1.29 is 19.8 Å². The van der Waals surface area contributed by atoms with E-state index in [1.807, 2.05) is 13.8 Å². The standard InChI is InChI=1S/C14H24N2O4/c1-9(2)13(19)15-5-3-4-10(6-15)14(20)16-7-11(17)12(18)8-16/h9-12,17-18H,3-8H2,1-2H3/t10?,11-,12+. The summed E-state index contributed by atoms with van der Waals surface area (Å²) in [6.07, 6.45) is -0.108. The average molecular weight is 284 g/mol. The minimum absolute atomic E-state index is 0.0538. The minimum atomic E-state index is -0.851. The molecule has 2 saturated heterocycles. The van der Waals surface area contributed by atoms with Gasteiger partial charge in [0, 0.05) is 32.1 Å². The fourth-order valence-electron chi connectivity index (χ4n) is 2.95. The van der Waals surface area contributed by atoms with Gasteiger partial charge in [-0.1, -0.05) is 13.8 Å². The number of piperidine rings is 1. The lowest BCUT2D eigenvalue weighted by molar-refractivity contribution is -0.142. The number of amides is 2. The number of carbonyl (C=O) groups excluding carboxylic acids is 2. The van der Waals surface area contributed by atoms with Crippen LogP contribution in [0.25, 0.3) is 0 Å². The van der Waals surface area contributed by atoms with Crippen molar-refractivity contribution in [2.45, 2.75) is 38.9 Å². The molecule has 20 heavy (non-hydrogen) atoms. The van der Waals surface area contributed by atoms with Gasteiger partial charge in [0.25, 0.3) is 0 Å². The van der Waals surface area contributed by atoms with Gasteiger partial charge in [0.05, 0.1) is 18.1 Å². The van der Waals surface area contributed by atoms with Crippen molar-refractivity contribution in [3.8, 4) is 0 Å². The molecule has 2 heterocycles. The van der Waals surface area contributed by atoms with Crippen LogP contribution in [0.4, 0.5) is 0 Å². The van der Waals surface area contributed by atoms with Crippen LogP contribution in [-0.2, 0) is 9.59 Å². The highest BCUT2D eigenvalue weighted by atomic mass is 16.3. The first kappa shape index (κ1) is 15.3. The summed E-state index contributed by atoms with van der Waals surface area (Å²) < 4.78 is 0. The van der Waals surface area contributed by atoms with Gasteiger partial charge in [0.2, 0.25) is 11.8 Å². The molecule has 0 saturated carbocycles. The van der Waals surface area contributed by atoms with Gasteiger partial charge in [0.15, 0.2) is 0 Å². The molecule has 0 radical (unpaired) electrons. The first-order chi connectivity index (χ1) is 9.40. The first-order valence-corrected chi connectivity index (χ1v) is 7.34. The minimum Gasteiger partial charge on any atom is -0.388 e. The van der Waals surface area contributed by atoms with Crippen molar-refractivity contribution in [3.63, 3.8) is 0 Å². The molecule has 0 bridgehead atoms. The quantitative estimate of drug-likeness (QED) is 0.712. The van der Waals surface area contributed by atoms with E-state index in [1.54, 1.807) is 4.90 Å². The third-order valence-electron chi connectivity index (χ3n) is 4.15. The number of nitrogens with zero attached hydrogens (tertiary/aromatic N) is 2. The zero-order valence-electron chi connectivity index (χ0n) is 12.2. The Balaban J connectivity index is 1.95. The summed E-state index contributed by atoms with van der Waals surface area (Å²) in [6, 6.07) is 0. The lowest BCUT2D eigenvalue weighted by Crippen LogP contribution is -2.47. The van der Waals surface area contributed by atoms with Crippen LogP contribution in [0.1, 0.15) is 26.7 Å². The Hall–Kier alpha value is -1.14. The highest BCUT2D eigenvalue weighted by molar-refractivity contribution is 5.82. The third-order valence-corrected chi connectivity index (χ3v) is 4.15. The van der Waals surface area contributed by atoms with E-state index in [1.165, 1.54) is 4.90 Å². The van der Waals surface area contributed by atoms with E-state index >= 15 is 0 Å². The lowest BCUT2D eigenvalue weighted by atomic mass is 9.95. The second kappa shape index (κ2) is 6.10. The largest absolute Gasteiger partial charge is 0.388 e. The van der Waals surface area contributed by atoms with Crippen molar-refractivity contribution in [1.82, 2.24) is 9.80 Å². The number of likely N-dealkylation sites (tertiary alicyclic amines) is 2. The highest BCUT2D eigenvalue weighted by Crippen LogP contribution is 2.22. The predicted molar refractivity (Wildman–Crippen MR) is 72.7 cm³/mol. The van der Waals surface area contributed by atoms with Gasteiger partial charge in [0.1, 0.15) is 0 Å². The molecule has 2 rings (SSSR count). The van der Waals surface area contributed by atoms with E-state index in [-0.39, 0.29) is 36.7 Å². The molecule has 6 nitrogen and oxygen atoms in total. The summed E-state index contributed by atoms with van der Waals surface area (Å²) in [4.78, 5) is 27.7. The van der Waals surface area contributed by atoms with Gasteiger partial charge in [-0.3, -0.25) is 9.59 Å². The topological polar surface area (TPSA) is 81.1 Å². The predicted octanol–water partition coefficient (Wildman–Crippen LogP) is -0.555. The van der Waals surface area contributed by atoms with E-state index < -0.39 is 12.2 Å². The van der Waals surface area contributed by atoms with Crippen LogP contribution in [-0.4, -0.2) is 70.2 Å². The van der Waals surface area contributed by atoms with Crippen molar-refractivity contribution >= 4 is 11.8 Å². The molecular weight excluding hydrogens is 260 g/mol. The summed E-state index contributed by atoms with van der Waals surface area (Å²) in [7, 11) is 0. The molecule has 0 aliphatic carbocycles. The SMILES string of the molecule is CC(C)C(=O)N1CCCC(C(=O)N2C[C@@H](O)[C@@H](O)C2)C1. The Labute approximate surface area is 119 Å². The summed E-state index contributed by atoms with van der Waals surface area (Å²) in [6.45, 7) is 5.27. The first-order valence-electron chi connectivity index (χ1n) is 7.34. The normalized spacial score (nSPS) is 30.9. The van der Waals surface area contributed by atoms with Crippen molar-refractivity contribution in [3.05, 3.63) is 0 Å². The molecule has 0 spiro atoms. The molecular formula is C14H24N2O4. The summed E-state index contributed by atoms with van der Waals surface area (Å²) >= 11 is 0. The van der Waals surface area contributed by atoms with Gasteiger partial charge in [-0.15, -0.1) is 0 Å². The van der Waals surface area contributed by atoms with Crippen LogP contribution in [0.5, 0.6) is 0 Å². The monoisotopic (exact) mass is 284 g/mol. The summed E-state index contributed by atoms with van der Waals surface area (Å²) in [5, 5.41) is 19.0. The molecule has 2 aliphatic heterocycles. The van der Waals surface area contributed by atoms with E-state index in [0.717, 1.165) is 12.8 Å². The molecule has 6 heteroatoms. The molecule has 2 amide bonds. The van der Waals surface area contributed by atoms with Crippen LogP contribution >= 0.6 is 0 Å². The zero-order valence-corrected chi connectivity index (χ0v) is 12.2. The molecule has 0 aromatic carbocycles. The maximum absolute atomic E-state index is 12.4. The fraction of sp³-hybridized carbons (Fsp3) is 0.857. The van der Waals surface area contributed by atoms with Gasteiger partial charge < -0.3 is 20.0 Å². The zero-order chi connectivity index (χ0) is 14.9. The van der Waals surface area contributed by atoms with Crippen molar-refractivity contribution in [2.75, 3.05) is 26.2 Å². The van der Waals surface area contributed by atoms with E-state index in [0.29, 0.717) is 13.1 Å². The van der Waals surface area contributed by atoms with E-state index in [2.05, 4.69) is 0 Å². The van der Waals surface area contributed by atoms with Gasteiger partial charge >= 0.3 is 0 Å². The number of rotatable bonds is 2. The second-order valence-electron chi connectivity index (χ2n) is 6.16. The van der Waals surface area contributed by atoms with Crippen molar-refractivity contribution in [2.24, 2.45) is 11.8 Å². The number of β-amino-alcohol motifs (C(OH)–C–C–N with tert-alkyl or cyclic N) is 2. The van der Waals surface area contributed by atoms with Crippen LogP contribution in [0.2, 0.25) is 0 Å². The molecule has 0 aromatic rings. The van der Waals surface area contributed by atoms with Crippen LogP contribution in [0, 0.1) is 11.8 Å². The number of aliphatic hydroxyl groups is 2. The number of carbonyl (C=O) groups is 2. The Morgan fingerprint density at radius 2 is 1.65 bits per heavy atom. The number of hydrogen-bond acceptors (Lipinski definition) is 4. The Bertz CT molecular complexity index is 375. The summed E-state index contributed by atoms with van der Waals surface area (Å²) in [5.74, 6) is -0.228. The van der Waals surface area contributed by atoms with E-state index in [4.69, 9.17) is 0 Å². The second-order valence-corrected chi connectivity index (χ2v) is 6.16. The molecule has 2 fully saturated rings. The van der Waals surface area contributed by atoms with Gasteiger partial charge in [-0.05, 0) is 12.8 Å². The molecule has 3 atom stereocenters. The molecule has 2 N–H and O–H groups in total. The maximum Gasteiger partial charge on any atom is 0.227 e. The number of aliphatic hydroxyl groups excluding tert-OH is 2. The Kier molecular flexibility index (Phi) is 4.65. The maximum atomic E-state index is 12.4. The smallest absolute Gasteiger partial charge is 0.227 e. The van der Waals surface area contributed by atoms with Crippen LogP contribution in [0.3, 0.4) is 0 Å². The lowest BCUT2D eigenvalue weighted by Gasteiger charge is -2.34. The van der Waals surface area contributed by atoms with Gasteiger partial charge in [-0.2, -0.15) is 0 Å².